The van der Waals surface area contributed by atoms with Crippen molar-refractivity contribution in [2.75, 3.05) is 6.61 Å². The van der Waals surface area contributed by atoms with Gasteiger partial charge in [-0.1, -0.05) is 13.8 Å². The zero-order chi connectivity index (χ0) is 12.6. The number of nitrogens with one attached hydrogen (secondary N) is 1. The molecule has 0 spiro atoms. The van der Waals surface area contributed by atoms with Gasteiger partial charge in [0.15, 0.2) is 0 Å². The zero-order valence-corrected chi connectivity index (χ0v) is 10.8. The monoisotopic (exact) mass is 229 g/mol. The minimum absolute atomic E-state index is 0.0499. The first kappa shape index (κ1) is 13.3. The van der Waals surface area contributed by atoms with Crippen LogP contribution in [0.25, 0.3) is 0 Å². The number of alkyl carbamates (subject to hydrolysis) is 1. The second kappa shape index (κ2) is 4.24. The molecule has 0 saturated heterocycles. The molecule has 1 saturated carbocycles. The molecule has 1 amide bonds. The highest BCUT2D eigenvalue weighted by atomic mass is 16.6. The molecule has 2 N–H and O–H groups in total. The molecule has 1 aliphatic rings. The Bertz CT molecular complexity index is 268. The molecule has 1 rings (SSSR count). The van der Waals surface area contributed by atoms with Crippen molar-refractivity contribution in [2.24, 2.45) is 11.3 Å². The van der Waals surface area contributed by atoms with Gasteiger partial charge in [0.2, 0.25) is 0 Å². The molecule has 94 valence electrons. The molecule has 0 aromatic carbocycles. The Morgan fingerprint density at radius 1 is 1.50 bits per heavy atom. The summed E-state index contributed by atoms with van der Waals surface area (Å²) in [6, 6.07) is 0.0968. The summed E-state index contributed by atoms with van der Waals surface area (Å²) >= 11 is 0. The van der Waals surface area contributed by atoms with Crippen molar-refractivity contribution in [3.05, 3.63) is 0 Å². The predicted molar refractivity (Wildman–Crippen MR) is 62.1 cm³/mol. The Balaban J connectivity index is 2.43. The van der Waals surface area contributed by atoms with E-state index in [4.69, 9.17) is 9.84 Å². The lowest BCUT2D eigenvalue weighted by Crippen LogP contribution is -2.59. The first-order valence-electron chi connectivity index (χ1n) is 5.77. The van der Waals surface area contributed by atoms with Gasteiger partial charge >= 0.3 is 6.09 Å². The van der Waals surface area contributed by atoms with E-state index in [2.05, 4.69) is 19.2 Å². The maximum absolute atomic E-state index is 11.5. The van der Waals surface area contributed by atoms with Crippen molar-refractivity contribution in [2.45, 2.75) is 52.7 Å². The van der Waals surface area contributed by atoms with Crippen LogP contribution in [0, 0.1) is 11.3 Å². The van der Waals surface area contributed by atoms with E-state index in [-0.39, 0.29) is 30.1 Å². The summed E-state index contributed by atoms with van der Waals surface area (Å²) in [6.45, 7) is 9.82. The van der Waals surface area contributed by atoms with Crippen molar-refractivity contribution in [1.29, 1.82) is 0 Å². The molecular formula is C12H23NO3. The van der Waals surface area contributed by atoms with Crippen molar-refractivity contribution in [3.63, 3.8) is 0 Å². The van der Waals surface area contributed by atoms with E-state index in [1.54, 1.807) is 0 Å². The van der Waals surface area contributed by atoms with Gasteiger partial charge in [-0.2, -0.15) is 0 Å². The second-order valence-corrected chi connectivity index (χ2v) is 6.14. The minimum atomic E-state index is -0.464. The summed E-state index contributed by atoms with van der Waals surface area (Å²) in [6.07, 6.45) is 0.449. The highest BCUT2D eigenvalue weighted by Gasteiger charge is 2.48. The summed E-state index contributed by atoms with van der Waals surface area (Å²) in [5, 5.41) is 12.0. The normalized spacial score (nSPS) is 28.1. The fraction of sp³-hybridized carbons (Fsp3) is 0.917. The summed E-state index contributed by atoms with van der Waals surface area (Å²) in [7, 11) is 0. The van der Waals surface area contributed by atoms with Gasteiger partial charge in [-0.05, 0) is 38.5 Å². The lowest BCUT2D eigenvalue weighted by atomic mass is 9.59. The molecule has 0 radical (unpaired) electrons. The van der Waals surface area contributed by atoms with E-state index in [1.165, 1.54) is 0 Å². The number of hydrogen-bond donors (Lipinski definition) is 2. The van der Waals surface area contributed by atoms with Crippen molar-refractivity contribution in [3.8, 4) is 0 Å². The van der Waals surface area contributed by atoms with Crippen molar-refractivity contribution in [1.82, 2.24) is 5.32 Å². The summed E-state index contributed by atoms with van der Waals surface area (Å²) < 4.78 is 5.19. The largest absolute Gasteiger partial charge is 0.444 e. The fourth-order valence-corrected chi connectivity index (χ4v) is 2.02. The van der Waals surface area contributed by atoms with Crippen molar-refractivity contribution >= 4 is 6.09 Å². The molecule has 4 heteroatoms. The van der Waals surface area contributed by atoms with Gasteiger partial charge in [-0.15, -0.1) is 0 Å². The lowest BCUT2D eigenvalue weighted by molar-refractivity contribution is -0.0288. The first-order valence-corrected chi connectivity index (χ1v) is 5.77. The highest BCUT2D eigenvalue weighted by Crippen LogP contribution is 2.45. The third kappa shape index (κ3) is 2.88. The average molecular weight is 229 g/mol. The van der Waals surface area contributed by atoms with Crippen LogP contribution >= 0.6 is 0 Å². The Morgan fingerprint density at radius 3 is 2.44 bits per heavy atom. The van der Waals surface area contributed by atoms with Crippen LogP contribution in [0.15, 0.2) is 0 Å². The minimum Gasteiger partial charge on any atom is -0.444 e. The highest BCUT2D eigenvalue weighted by molar-refractivity contribution is 5.68. The zero-order valence-electron chi connectivity index (χ0n) is 10.8. The number of aliphatic hydroxyl groups excluding tert-OH is 1. The van der Waals surface area contributed by atoms with Crippen LogP contribution in [0.1, 0.15) is 41.0 Å². The molecule has 0 aromatic rings. The summed E-state index contributed by atoms with van der Waals surface area (Å²) in [5.41, 5.74) is -0.514. The van der Waals surface area contributed by atoms with E-state index >= 15 is 0 Å². The van der Waals surface area contributed by atoms with Crippen LogP contribution in [0.3, 0.4) is 0 Å². The van der Waals surface area contributed by atoms with Gasteiger partial charge in [0.05, 0.1) is 0 Å². The molecular weight excluding hydrogens is 206 g/mol. The van der Waals surface area contributed by atoms with E-state index in [1.807, 2.05) is 20.8 Å². The molecule has 0 aliphatic heterocycles. The topological polar surface area (TPSA) is 58.6 Å². The molecule has 1 aliphatic carbocycles. The molecule has 0 aromatic heterocycles. The van der Waals surface area contributed by atoms with E-state index in [9.17, 15) is 4.79 Å². The SMILES string of the molecule is CC(C)(C)OC(=O)N[C@@H]1C[C@H](CO)C1(C)C. The van der Waals surface area contributed by atoms with E-state index in [0.29, 0.717) is 0 Å². The average Bonchev–Trinajstić information content (AvgIpc) is 2.08. The Labute approximate surface area is 97.4 Å². The third-order valence-corrected chi connectivity index (χ3v) is 3.38. The van der Waals surface area contributed by atoms with Gasteiger partial charge in [0.25, 0.3) is 0 Å². The molecule has 0 bridgehead atoms. The quantitative estimate of drug-likeness (QED) is 0.760. The Hall–Kier alpha value is -0.770. The third-order valence-electron chi connectivity index (χ3n) is 3.38. The van der Waals surface area contributed by atoms with Crippen LogP contribution in [0.5, 0.6) is 0 Å². The summed E-state index contributed by atoms with van der Waals surface area (Å²) in [4.78, 5) is 11.5. The fourth-order valence-electron chi connectivity index (χ4n) is 2.02. The summed E-state index contributed by atoms with van der Waals surface area (Å²) in [5.74, 6) is 0.271. The first-order chi connectivity index (χ1) is 7.16. The number of carbonyl (C=O) groups excluding carboxylic acids is 1. The van der Waals surface area contributed by atoms with Crippen LogP contribution in [0.4, 0.5) is 4.79 Å². The standard InChI is InChI=1S/C12H23NO3/c1-11(2,3)16-10(15)13-9-6-8(7-14)12(9,4)5/h8-9,14H,6-7H2,1-5H3,(H,13,15)/t8-,9-/m1/s1. The van der Waals surface area contributed by atoms with E-state index in [0.717, 1.165) is 6.42 Å². The van der Waals surface area contributed by atoms with Crippen LogP contribution in [0.2, 0.25) is 0 Å². The van der Waals surface area contributed by atoms with Gasteiger partial charge in [0.1, 0.15) is 5.60 Å². The van der Waals surface area contributed by atoms with Gasteiger partial charge < -0.3 is 15.2 Å². The smallest absolute Gasteiger partial charge is 0.407 e. The molecule has 16 heavy (non-hydrogen) atoms. The second-order valence-electron chi connectivity index (χ2n) is 6.14. The Morgan fingerprint density at radius 2 is 2.06 bits per heavy atom. The maximum Gasteiger partial charge on any atom is 0.407 e. The number of carbonyl (C=O) groups is 1. The molecule has 1 fully saturated rings. The van der Waals surface area contributed by atoms with Gasteiger partial charge in [-0.3, -0.25) is 0 Å². The molecule has 2 atom stereocenters. The Kier molecular flexibility index (Phi) is 3.53. The molecule has 0 heterocycles. The maximum atomic E-state index is 11.5. The molecule has 0 unspecified atom stereocenters. The van der Waals surface area contributed by atoms with Gasteiger partial charge in [-0.25, -0.2) is 4.79 Å². The number of amides is 1. The van der Waals surface area contributed by atoms with E-state index < -0.39 is 5.60 Å². The number of rotatable bonds is 2. The van der Waals surface area contributed by atoms with Crippen LogP contribution < -0.4 is 5.32 Å². The van der Waals surface area contributed by atoms with Crippen LogP contribution in [-0.2, 0) is 4.74 Å². The molecule has 4 nitrogen and oxygen atoms in total. The number of aliphatic hydroxyl groups is 1. The predicted octanol–water partition coefficient (Wildman–Crippen LogP) is 1.92. The number of hydrogen-bond acceptors (Lipinski definition) is 3. The van der Waals surface area contributed by atoms with Crippen LogP contribution in [-0.4, -0.2) is 29.4 Å². The lowest BCUT2D eigenvalue weighted by Gasteiger charge is -2.51. The van der Waals surface area contributed by atoms with Gasteiger partial charge in [0, 0.05) is 12.6 Å². The van der Waals surface area contributed by atoms with Crippen molar-refractivity contribution < 1.29 is 14.6 Å². The number of ether oxygens (including phenoxy) is 1.